The van der Waals surface area contributed by atoms with Gasteiger partial charge in [0.1, 0.15) is 11.9 Å². The van der Waals surface area contributed by atoms with Crippen LogP contribution in [0, 0.1) is 12.7 Å². The fraction of sp³-hybridized carbons (Fsp3) is 0.235. The van der Waals surface area contributed by atoms with E-state index in [-0.39, 0.29) is 16.4 Å². The smallest absolute Gasteiger partial charge is 0.245 e. The first-order chi connectivity index (χ1) is 11.8. The van der Waals surface area contributed by atoms with E-state index >= 15 is 0 Å². The predicted octanol–water partition coefficient (Wildman–Crippen LogP) is 2.87. The van der Waals surface area contributed by atoms with Gasteiger partial charge in [0.05, 0.1) is 15.6 Å². The average Bonchev–Trinajstić information content (AvgIpc) is 2.88. The maximum atomic E-state index is 13.2. The van der Waals surface area contributed by atoms with Crippen molar-refractivity contribution < 1.29 is 17.6 Å². The molecular weight excluding hydrogens is 367 g/mol. The summed E-state index contributed by atoms with van der Waals surface area (Å²) in [5.74, 6) is -0.880. The first-order valence-electron chi connectivity index (χ1n) is 7.64. The van der Waals surface area contributed by atoms with Crippen molar-refractivity contribution >= 4 is 33.2 Å². The molecule has 25 heavy (non-hydrogen) atoms. The number of hydrogen-bond donors (Lipinski definition) is 1. The van der Waals surface area contributed by atoms with Crippen LogP contribution in [0.4, 0.5) is 10.1 Å². The zero-order valence-electron chi connectivity index (χ0n) is 13.4. The lowest BCUT2D eigenvalue weighted by Gasteiger charge is -2.18. The molecule has 0 radical (unpaired) electrons. The second-order valence-electron chi connectivity index (χ2n) is 5.81. The van der Waals surface area contributed by atoms with Gasteiger partial charge in [-0.05, 0) is 49.2 Å². The SMILES string of the molecule is Cc1cc(F)ccc1S(=O)(=O)NC1CCN(c2ccccc2Cl)C1=O. The Labute approximate surface area is 150 Å². The second kappa shape index (κ2) is 6.74. The predicted molar refractivity (Wildman–Crippen MR) is 93.7 cm³/mol. The first kappa shape index (κ1) is 17.8. The third-order valence-electron chi connectivity index (χ3n) is 4.07. The van der Waals surface area contributed by atoms with Crippen LogP contribution in [0.15, 0.2) is 47.4 Å². The molecule has 3 rings (SSSR count). The number of carbonyl (C=O) groups excluding carboxylic acids is 1. The summed E-state index contributed by atoms with van der Waals surface area (Å²) < 4.78 is 40.7. The van der Waals surface area contributed by atoms with Gasteiger partial charge in [0.2, 0.25) is 15.9 Å². The third-order valence-corrected chi connectivity index (χ3v) is 6.02. The van der Waals surface area contributed by atoms with Gasteiger partial charge in [-0.15, -0.1) is 0 Å². The van der Waals surface area contributed by atoms with Crippen molar-refractivity contribution in [3.63, 3.8) is 0 Å². The van der Waals surface area contributed by atoms with E-state index in [4.69, 9.17) is 11.6 Å². The average molecular weight is 383 g/mol. The van der Waals surface area contributed by atoms with E-state index in [0.717, 1.165) is 12.1 Å². The molecule has 1 heterocycles. The number of amides is 1. The zero-order valence-corrected chi connectivity index (χ0v) is 14.9. The number of benzene rings is 2. The molecule has 1 amide bonds. The fourth-order valence-corrected chi connectivity index (χ4v) is 4.55. The van der Waals surface area contributed by atoms with Crippen LogP contribution in [-0.2, 0) is 14.8 Å². The standard InChI is InChI=1S/C17H16ClFN2O3S/c1-11-10-12(19)6-7-16(11)25(23,24)20-14-8-9-21(17(14)22)15-5-3-2-4-13(15)18/h2-7,10,14,20H,8-9H2,1H3. The van der Waals surface area contributed by atoms with E-state index < -0.39 is 21.9 Å². The third kappa shape index (κ3) is 3.53. The molecule has 0 bridgehead atoms. The molecule has 2 aromatic carbocycles. The van der Waals surface area contributed by atoms with Crippen LogP contribution in [0.5, 0.6) is 0 Å². The Morgan fingerprint density at radius 1 is 1.24 bits per heavy atom. The molecule has 8 heteroatoms. The highest BCUT2D eigenvalue weighted by Gasteiger charge is 2.36. The number of nitrogens with zero attached hydrogens (tertiary/aromatic N) is 1. The Hall–Kier alpha value is -1.96. The number of halogens is 2. The largest absolute Gasteiger partial charge is 0.309 e. The van der Waals surface area contributed by atoms with Crippen molar-refractivity contribution in [1.29, 1.82) is 0 Å². The molecule has 1 aliphatic rings. The van der Waals surface area contributed by atoms with E-state index in [1.165, 1.54) is 17.9 Å². The summed E-state index contributed by atoms with van der Waals surface area (Å²) in [5.41, 5.74) is 0.828. The highest BCUT2D eigenvalue weighted by molar-refractivity contribution is 7.89. The Morgan fingerprint density at radius 2 is 1.96 bits per heavy atom. The minimum absolute atomic E-state index is 0.0436. The van der Waals surface area contributed by atoms with Crippen molar-refractivity contribution in [2.24, 2.45) is 0 Å². The van der Waals surface area contributed by atoms with Gasteiger partial charge in [-0.25, -0.2) is 12.8 Å². The molecule has 1 fully saturated rings. The number of anilines is 1. The lowest BCUT2D eigenvalue weighted by atomic mass is 10.2. The van der Waals surface area contributed by atoms with Gasteiger partial charge in [-0.2, -0.15) is 4.72 Å². The van der Waals surface area contributed by atoms with E-state index in [0.29, 0.717) is 23.7 Å². The molecule has 1 aliphatic heterocycles. The molecule has 5 nitrogen and oxygen atoms in total. The fourth-order valence-electron chi connectivity index (χ4n) is 2.86. The summed E-state index contributed by atoms with van der Waals surface area (Å²) >= 11 is 6.11. The van der Waals surface area contributed by atoms with Gasteiger partial charge in [0, 0.05) is 6.54 Å². The van der Waals surface area contributed by atoms with Gasteiger partial charge in [0.25, 0.3) is 0 Å². The normalized spacial score (nSPS) is 18.0. The number of nitrogens with one attached hydrogen (secondary N) is 1. The van der Waals surface area contributed by atoms with Crippen LogP contribution in [0.25, 0.3) is 0 Å². The second-order valence-corrected chi connectivity index (χ2v) is 7.90. The van der Waals surface area contributed by atoms with Crippen LogP contribution in [0.1, 0.15) is 12.0 Å². The van der Waals surface area contributed by atoms with E-state index in [1.807, 2.05) is 0 Å². The van der Waals surface area contributed by atoms with Crippen LogP contribution < -0.4 is 9.62 Å². The quantitative estimate of drug-likeness (QED) is 0.884. The van der Waals surface area contributed by atoms with Gasteiger partial charge < -0.3 is 4.90 Å². The highest BCUT2D eigenvalue weighted by atomic mass is 35.5. The molecular formula is C17H16ClFN2O3S. The Bertz CT molecular complexity index is 933. The molecule has 1 unspecified atom stereocenters. The Morgan fingerprint density at radius 3 is 2.64 bits per heavy atom. The molecule has 0 aliphatic carbocycles. The van der Waals surface area contributed by atoms with Crippen molar-refractivity contribution in [1.82, 2.24) is 4.72 Å². The summed E-state index contributed by atoms with van der Waals surface area (Å²) in [7, 11) is -3.94. The van der Waals surface area contributed by atoms with Gasteiger partial charge in [-0.1, -0.05) is 23.7 Å². The summed E-state index contributed by atoms with van der Waals surface area (Å²) in [6, 6.07) is 9.42. The molecule has 1 N–H and O–H groups in total. The highest BCUT2D eigenvalue weighted by Crippen LogP contribution is 2.29. The molecule has 0 saturated carbocycles. The van der Waals surface area contributed by atoms with E-state index in [1.54, 1.807) is 24.3 Å². The van der Waals surface area contributed by atoms with Crippen molar-refractivity contribution in [2.75, 3.05) is 11.4 Å². The molecule has 1 atom stereocenters. The van der Waals surface area contributed by atoms with Crippen molar-refractivity contribution in [3.05, 3.63) is 58.9 Å². The van der Waals surface area contributed by atoms with E-state index in [2.05, 4.69) is 4.72 Å². The van der Waals surface area contributed by atoms with Crippen LogP contribution >= 0.6 is 11.6 Å². The number of rotatable bonds is 4. The topological polar surface area (TPSA) is 66.5 Å². The molecule has 2 aromatic rings. The minimum atomic E-state index is -3.94. The maximum Gasteiger partial charge on any atom is 0.245 e. The Kier molecular flexibility index (Phi) is 4.81. The lowest BCUT2D eigenvalue weighted by molar-refractivity contribution is -0.118. The van der Waals surface area contributed by atoms with Gasteiger partial charge >= 0.3 is 0 Å². The number of para-hydroxylation sites is 1. The van der Waals surface area contributed by atoms with Crippen LogP contribution in [0.3, 0.4) is 0 Å². The summed E-state index contributed by atoms with van der Waals surface area (Å²) in [6.45, 7) is 1.86. The molecule has 0 aromatic heterocycles. The summed E-state index contributed by atoms with van der Waals surface area (Å²) in [5, 5.41) is 0.425. The van der Waals surface area contributed by atoms with Gasteiger partial charge in [-0.3, -0.25) is 4.79 Å². The zero-order chi connectivity index (χ0) is 18.2. The van der Waals surface area contributed by atoms with Crippen LogP contribution in [-0.4, -0.2) is 26.9 Å². The Balaban J connectivity index is 1.82. The van der Waals surface area contributed by atoms with E-state index in [9.17, 15) is 17.6 Å². The number of aryl methyl sites for hydroxylation is 1. The summed E-state index contributed by atoms with van der Waals surface area (Å²) in [6.07, 6.45) is 0.323. The number of hydrogen-bond acceptors (Lipinski definition) is 3. The number of sulfonamides is 1. The lowest BCUT2D eigenvalue weighted by Crippen LogP contribution is -2.41. The number of carbonyl (C=O) groups is 1. The maximum absolute atomic E-state index is 13.2. The molecule has 132 valence electrons. The van der Waals surface area contributed by atoms with Crippen molar-refractivity contribution in [3.8, 4) is 0 Å². The molecule has 0 spiro atoms. The first-order valence-corrected chi connectivity index (χ1v) is 9.50. The monoisotopic (exact) mass is 382 g/mol. The van der Waals surface area contributed by atoms with Crippen molar-refractivity contribution in [2.45, 2.75) is 24.3 Å². The minimum Gasteiger partial charge on any atom is -0.309 e. The summed E-state index contributed by atoms with van der Waals surface area (Å²) in [4.78, 5) is 14.0. The van der Waals surface area contributed by atoms with Crippen LogP contribution in [0.2, 0.25) is 5.02 Å². The molecule has 1 saturated heterocycles. The van der Waals surface area contributed by atoms with Gasteiger partial charge in [0.15, 0.2) is 0 Å².